The maximum absolute atomic E-state index is 12.5. The molecule has 0 saturated carbocycles. The SMILES string of the molecule is COc1cc(C2=CCC(C)(C)CC2)c2ncc(C(=O)NCc3ncco3)cc2c1. The average molecular weight is 391 g/mol. The number of hydrogen-bond donors (Lipinski definition) is 1. The van der Waals surface area contributed by atoms with Gasteiger partial charge in [0.05, 0.1) is 30.9 Å². The molecule has 1 aliphatic rings. The van der Waals surface area contributed by atoms with Gasteiger partial charge < -0.3 is 14.5 Å². The van der Waals surface area contributed by atoms with E-state index in [0.717, 1.165) is 41.5 Å². The Hall–Kier alpha value is -3.15. The summed E-state index contributed by atoms with van der Waals surface area (Å²) in [5.41, 5.74) is 4.09. The fourth-order valence-electron chi connectivity index (χ4n) is 3.63. The standard InChI is InChI=1S/C23H25N3O3/c1-23(2)6-4-15(5-7-23)19-12-18(28-3)11-16-10-17(13-25-21(16)19)22(27)26-14-20-24-8-9-29-20/h4,8-13H,5-7,14H2,1-3H3,(H,26,27). The van der Waals surface area contributed by atoms with Crippen LogP contribution in [-0.4, -0.2) is 23.0 Å². The van der Waals surface area contributed by atoms with Crippen LogP contribution < -0.4 is 10.1 Å². The van der Waals surface area contributed by atoms with Gasteiger partial charge in [-0.2, -0.15) is 0 Å². The molecule has 6 heteroatoms. The third-order valence-corrected chi connectivity index (χ3v) is 5.46. The zero-order valence-electron chi connectivity index (χ0n) is 17.0. The zero-order valence-corrected chi connectivity index (χ0v) is 17.0. The van der Waals surface area contributed by atoms with E-state index in [1.807, 2.05) is 18.2 Å². The molecule has 0 atom stereocenters. The van der Waals surface area contributed by atoms with Crippen molar-refractivity contribution >= 4 is 22.4 Å². The van der Waals surface area contributed by atoms with Crippen LogP contribution in [0.15, 0.2) is 47.3 Å². The molecule has 4 rings (SSSR count). The predicted octanol–water partition coefficient (Wildman–Crippen LogP) is 4.75. The van der Waals surface area contributed by atoms with Crippen LogP contribution >= 0.6 is 0 Å². The number of oxazole rings is 1. The Bertz CT molecular complexity index is 1070. The third kappa shape index (κ3) is 4.16. The molecular formula is C23H25N3O3. The molecule has 0 unspecified atom stereocenters. The zero-order chi connectivity index (χ0) is 20.4. The number of carbonyl (C=O) groups is 1. The fourth-order valence-corrected chi connectivity index (χ4v) is 3.63. The number of hydrogen-bond acceptors (Lipinski definition) is 5. The van der Waals surface area contributed by atoms with Crippen LogP contribution in [0.1, 0.15) is 54.9 Å². The molecule has 0 bridgehead atoms. The maximum atomic E-state index is 12.5. The predicted molar refractivity (Wildman–Crippen MR) is 112 cm³/mol. The topological polar surface area (TPSA) is 77.2 Å². The van der Waals surface area contributed by atoms with Crippen LogP contribution in [0.5, 0.6) is 5.75 Å². The number of methoxy groups -OCH3 is 1. The Morgan fingerprint density at radius 1 is 1.28 bits per heavy atom. The molecule has 29 heavy (non-hydrogen) atoms. The molecule has 0 spiro atoms. The molecule has 2 heterocycles. The van der Waals surface area contributed by atoms with Crippen LogP contribution in [0.4, 0.5) is 0 Å². The first-order valence-corrected chi connectivity index (χ1v) is 9.79. The van der Waals surface area contributed by atoms with Crippen LogP contribution in [-0.2, 0) is 6.54 Å². The van der Waals surface area contributed by atoms with Crippen molar-refractivity contribution in [2.24, 2.45) is 5.41 Å². The second-order valence-corrected chi connectivity index (χ2v) is 8.18. The quantitative estimate of drug-likeness (QED) is 0.679. The number of ether oxygens (including phenoxy) is 1. The molecule has 0 radical (unpaired) electrons. The summed E-state index contributed by atoms with van der Waals surface area (Å²) in [7, 11) is 1.66. The van der Waals surface area contributed by atoms with Crippen LogP contribution in [0.3, 0.4) is 0 Å². The number of fused-ring (bicyclic) bond motifs is 1. The minimum Gasteiger partial charge on any atom is -0.497 e. The number of amides is 1. The van der Waals surface area contributed by atoms with Gasteiger partial charge in [0.15, 0.2) is 0 Å². The number of carbonyl (C=O) groups excluding carboxylic acids is 1. The summed E-state index contributed by atoms with van der Waals surface area (Å²) >= 11 is 0. The number of benzene rings is 1. The van der Waals surface area contributed by atoms with E-state index in [2.05, 4.69) is 35.2 Å². The number of aromatic nitrogens is 2. The second kappa shape index (κ2) is 7.70. The molecule has 1 amide bonds. The lowest BCUT2D eigenvalue weighted by molar-refractivity contribution is 0.0947. The molecule has 0 fully saturated rings. The van der Waals surface area contributed by atoms with E-state index >= 15 is 0 Å². The van der Waals surface area contributed by atoms with E-state index in [4.69, 9.17) is 9.15 Å². The van der Waals surface area contributed by atoms with Gasteiger partial charge in [0.2, 0.25) is 5.89 Å². The average Bonchev–Trinajstić information content (AvgIpc) is 3.24. The normalized spacial score (nSPS) is 15.8. The van der Waals surface area contributed by atoms with Crippen molar-refractivity contribution in [3.05, 3.63) is 59.9 Å². The highest BCUT2D eigenvalue weighted by Crippen LogP contribution is 2.40. The van der Waals surface area contributed by atoms with Crippen LogP contribution in [0, 0.1) is 5.41 Å². The molecule has 1 aliphatic carbocycles. The smallest absolute Gasteiger partial charge is 0.253 e. The number of rotatable bonds is 5. The highest BCUT2D eigenvalue weighted by Gasteiger charge is 2.23. The highest BCUT2D eigenvalue weighted by molar-refractivity contribution is 5.99. The van der Waals surface area contributed by atoms with Crippen LogP contribution in [0.2, 0.25) is 0 Å². The van der Waals surface area contributed by atoms with Crippen LogP contribution in [0.25, 0.3) is 16.5 Å². The lowest BCUT2D eigenvalue weighted by Crippen LogP contribution is -2.23. The first-order chi connectivity index (χ1) is 13.9. The summed E-state index contributed by atoms with van der Waals surface area (Å²) in [5, 5.41) is 3.69. The first-order valence-electron chi connectivity index (χ1n) is 9.79. The van der Waals surface area contributed by atoms with Crippen molar-refractivity contribution in [3.8, 4) is 5.75 Å². The summed E-state index contributed by atoms with van der Waals surface area (Å²) in [4.78, 5) is 21.2. The van der Waals surface area contributed by atoms with E-state index in [1.165, 1.54) is 11.8 Å². The Balaban J connectivity index is 1.66. The van der Waals surface area contributed by atoms with E-state index in [1.54, 1.807) is 19.5 Å². The molecule has 1 N–H and O–H groups in total. The van der Waals surface area contributed by atoms with Gasteiger partial charge in [-0.15, -0.1) is 0 Å². The molecular weight excluding hydrogens is 366 g/mol. The number of nitrogens with zero attached hydrogens (tertiary/aromatic N) is 2. The second-order valence-electron chi connectivity index (χ2n) is 8.18. The van der Waals surface area contributed by atoms with E-state index in [9.17, 15) is 4.79 Å². The molecule has 0 aliphatic heterocycles. The molecule has 150 valence electrons. The lowest BCUT2D eigenvalue weighted by atomic mass is 9.77. The van der Waals surface area contributed by atoms with Crippen molar-refractivity contribution in [1.29, 1.82) is 0 Å². The van der Waals surface area contributed by atoms with Gasteiger partial charge in [-0.3, -0.25) is 9.78 Å². The van der Waals surface area contributed by atoms with Crippen molar-refractivity contribution in [2.75, 3.05) is 7.11 Å². The Labute approximate surface area is 170 Å². The summed E-state index contributed by atoms with van der Waals surface area (Å²) in [6, 6.07) is 5.82. The third-order valence-electron chi connectivity index (χ3n) is 5.46. The molecule has 3 aromatic rings. The molecule has 6 nitrogen and oxygen atoms in total. The van der Waals surface area contributed by atoms with E-state index in [0.29, 0.717) is 16.9 Å². The van der Waals surface area contributed by atoms with E-state index in [-0.39, 0.29) is 12.5 Å². The van der Waals surface area contributed by atoms with Gasteiger partial charge in [-0.1, -0.05) is 19.9 Å². The minimum absolute atomic E-state index is 0.222. The monoisotopic (exact) mass is 391 g/mol. The van der Waals surface area contributed by atoms with Gasteiger partial charge in [0, 0.05) is 17.1 Å². The number of allylic oxidation sites excluding steroid dienone is 2. The van der Waals surface area contributed by atoms with Gasteiger partial charge in [-0.25, -0.2) is 4.98 Å². The molecule has 2 aromatic heterocycles. The summed E-state index contributed by atoms with van der Waals surface area (Å²) in [6.45, 7) is 4.83. The van der Waals surface area contributed by atoms with Crippen molar-refractivity contribution in [2.45, 2.75) is 39.7 Å². The van der Waals surface area contributed by atoms with Gasteiger partial charge >= 0.3 is 0 Å². The van der Waals surface area contributed by atoms with Crippen molar-refractivity contribution in [3.63, 3.8) is 0 Å². The Morgan fingerprint density at radius 2 is 2.14 bits per heavy atom. The summed E-state index contributed by atoms with van der Waals surface area (Å²) in [5.74, 6) is 1.00. The first kappa shape index (κ1) is 19.2. The highest BCUT2D eigenvalue weighted by atomic mass is 16.5. The minimum atomic E-state index is -0.222. The Morgan fingerprint density at radius 3 is 2.83 bits per heavy atom. The van der Waals surface area contributed by atoms with Crippen molar-refractivity contribution < 1.29 is 13.9 Å². The maximum Gasteiger partial charge on any atom is 0.253 e. The summed E-state index contributed by atoms with van der Waals surface area (Å²) < 4.78 is 10.7. The summed E-state index contributed by atoms with van der Waals surface area (Å²) in [6.07, 6.45) is 10.2. The van der Waals surface area contributed by atoms with Gasteiger partial charge in [0.25, 0.3) is 5.91 Å². The number of pyridine rings is 1. The fraction of sp³-hybridized carbons (Fsp3) is 0.348. The lowest BCUT2D eigenvalue weighted by Gasteiger charge is -2.29. The van der Waals surface area contributed by atoms with E-state index < -0.39 is 0 Å². The van der Waals surface area contributed by atoms with Gasteiger partial charge in [0.1, 0.15) is 12.0 Å². The molecule has 1 aromatic carbocycles. The largest absolute Gasteiger partial charge is 0.497 e. The number of nitrogens with one attached hydrogen (secondary N) is 1. The van der Waals surface area contributed by atoms with Gasteiger partial charge in [-0.05, 0) is 48.4 Å². The van der Waals surface area contributed by atoms with Crippen molar-refractivity contribution in [1.82, 2.24) is 15.3 Å². The molecule has 0 saturated heterocycles. The Kier molecular flexibility index (Phi) is 5.09.